The molecule has 2 aromatic rings. The molecule has 1 amide bonds. The molecule has 11 heteroatoms. The predicted molar refractivity (Wildman–Crippen MR) is 103 cm³/mol. The van der Waals surface area contributed by atoms with Gasteiger partial charge in [-0.25, -0.2) is 9.37 Å². The van der Waals surface area contributed by atoms with Crippen molar-refractivity contribution in [1.82, 2.24) is 25.1 Å². The van der Waals surface area contributed by atoms with Gasteiger partial charge < -0.3 is 20.6 Å². The Kier molecular flexibility index (Phi) is 3.98. The first-order valence-electron chi connectivity index (χ1n) is 9.74. The summed E-state index contributed by atoms with van der Waals surface area (Å²) in [5, 5.41) is 29.1. The molecule has 0 spiro atoms. The third-order valence-electron chi connectivity index (χ3n) is 6.43. The second kappa shape index (κ2) is 6.37. The van der Waals surface area contributed by atoms with Gasteiger partial charge >= 0.3 is 0 Å². The monoisotopic (exact) mass is 412 g/mol. The molecule has 2 aliphatic carbocycles. The van der Waals surface area contributed by atoms with Gasteiger partial charge in [0.25, 0.3) is 0 Å². The van der Waals surface area contributed by atoms with Gasteiger partial charge in [0.15, 0.2) is 11.6 Å². The number of hydrogen-bond acceptors (Lipinski definition) is 8. The van der Waals surface area contributed by atoms with Crippen molar-refractivity contribution < 1.29 is 14.3 Å². The third kappa shape index (κ3) is 2.87. The van der Waals surface area contributed by atoms with Crippen LogP contribution >= 0.6 is 0 Å². The Hall–Kier alpha value is -3.26. The maximum atomic E-state index is 14.6. The lowest BCUT2D eigenvalue weighted by Gasteiger charge is -2.23. The minimum Gasteiger partial charge on any atom is -0.396 e. The number of carbonyl (C=O) groups excluding carboxylic acids is 1. The Bertz CT molecular complexity index is 1070. The van der Waals surface area contributed by atoms with E-state index in [0.29, 0.717) is 31.6 Å². The summed E-state index contributed by atoms with van der Waals surface area (Å²) in [6.07, 6.45) is 5.64. The lowest BCUT2D eigenvalue weighted by molar-refractivity contribution is -0.123. The van der Waals surface area contributed by atoms with E-state index in [2.05, 4.69) is 31.8 Å². The van der Waals surface area contributed by atoms with Crippen LogP contribution in [0.5, 0.6) is 0 Å². The number of piperidine rings is 1. The fourth-order valence-corrected chi connectivity index (χ4v) is 4.55. The largest absolute Gasteiger partial charge is 0.396 e. The molecule has 1 saturated heterocycles. The van der Waals surface area contributed by atoms with E-state index in [1.54, 1.807) is 29.0 Å². The first kappa shape index (κ1) is 18.7. The topological polar surface area (TPSA) is 132 Å². The predicted octanol–water partition coefficient (Wildman–Crippen LogP) is 0.310. The van der Waals surface area contributed by atoms with Gasteiger partial charge in [0.05, 0.1) is 48.1 Å². The number of hydrogen-bond donors (Lipinski definition) is 3. The van der Waals surface area contributed by atoms with Crippen LogP contribution in [0.3, 0.4) is 0 Å². The van der Waals surface area contributed by atoms with Crippen LogP contribution in [0.4, 0.5) is 21.8 Å². The summed E-state index contributed by atoms with van der Waals surface area (Å²) in [7, 11) is 1.78. The van der Waals surface area contributed by atoms with E-state index in [1.165, 1.54) is 0 Å². The molecule has 3 N–H and O–H groups in total. The number of amides is 1. The zero-order valence-corrected chi connectivity index (χ0v) is 16.3. The third-order valence-corrected chi connectivity index (χ3v) is 6.43. The lowest BCUT2D eigenvalue weighted by Crippen LogP contribution is -2.45. The molecule has 3 aliphatic rings. The van der Waals surface area contributed by atoms with Crippen LogP contribution in [0.15, 0.2) is 18.6 Å². The zero-order valence-electron chi connectivity index (χ0n) is 16.3. The highest BCUT2D eigenvalue weighted by molar-refractivity contribution is 5.84. The number of rotatable bonds is 6. The quantitative estimate of drug-likeness (QED) is 0.618. The first-order chi connectivity index (χ1) is 14.4. The Morgan fingerprint density at radius 3 is 2.97 bits per heavy atom. The van der Waals surface area contributed by atoms with Gasteiger partial charge in [0.2, 0.25) is 11.9 Å². The molecule has 1 aliphatic heterocycles. The van der Waals surface area contributed by atoms with Crippen molar-refractivity contribution in [2.75, 3.05) is 29.9 Å². The molecule has 156 valence electrons. The maximum absolute atomic E-state index is 14.6. The summed E-state index contributed by atoms with van der Waals surface area (Å²) in [5.41, 5.74) is -0.490. The van der Waals surface area contributed by atoms with Gasteiger partial charge in [-0.05, 0) is 12.8 Å². The van der Waals surface area contributed by atoms with Crippen LogP contribution in [-0.4, -0.2) is 56.0 Å². The van der Waals surface area contributed by atoms with E-state index in [4.69, 9.17) is 5.26 Å². The second-order valence-corrected chi connectivity index (χ2v) is 8.51. The number of halogens is 1. The summed E-state index contributed by atoms with van der Waals surface area (Å²) < 4.78 is 16.2. The second-order valence-electron chi connectivity index (χ2n) is 8.51. The minimum atomic E-state index is -0.629. The standard InChI is InChI=1S/C19H21FN8O2/c1-27-6-12(4-23-27)24-17-22-5-14(20)15(25-17)28-8-18(10-29)7-19(18,9-28)26-16(30)13-2-11(13)3-21/h4-6,11,13,29H,2,7-10H2,1H3,(H,26,30)(H,22,24,25)/t11-,13+,18+,19+/m0/s1. The number of aryl methyl sites for hydroxylation is 1. The number of aliphatic hydroxyl groups excluding tert-OH is 1. The number of nitriles is 1. The van der Waals surface area contributed by atoms with Gasteiger partial charge in [-0.2, -0.15) is 15.3 Å². The van der Waals surface area contributed by atoms with Gasteiger partial charge in [-0.15, -0.1) is 0 Å². The molecular weight excluding hydrogens is 391 g/mol. The van der Waals surface area contributed by atoms with Crippen LogP contribution in [-0.2, 0) is 11.8 Å². The van der Waals surface area contributed by atoms with Gasteiger partial charge in [0.1, 0.15) is 0 Å². The summed E-state index contributed by atoms with van der Waals surface area (Å²) in [5.74, 6) is -0.921. The number of aromatic nitrogens is 4. The molecule has 0 aromatic carbocycles. The molecule has 0 radical (unpaired) electrons. The van der Waals surface area contributed by atoms with Crippen molar-refractivity contribution in [2.45, 2.75) is 18.4 Å². The molecule has 4 atom stereocenters. The Balaban J connectivity index is 1.35. The van der Waals surface area contributed by atoms with Gasteiger partial charge in [0, 0.05) is 31.7 Å². The fraction of sp³-hybridized carbons (Fsp3) is 0.526. The average Bonchev–Trinajstić information content (AvgIpc) is 3.56. The van der Waals surface area contributed by atoms with Crippen molar-refractivity contribution >= 4 is 23.4 Å². The molecule has 3 fully saturated rings. The van der Waals surface area contributed by atoms with E-state index in [0.717, 1.165) is 6.20 Å². The van der Waals surface area contributed by atoms with E-state index in [-0.39, 0.29) is 36.1 Å². The van der Waals surface area contributed by atoms with Crippen LogP contribution in [0.25, 0.3) is 0 Å². The number of nitrogens with one attached hydrogen (secondary N) is 2. The van der Waals surface area contributed by atoms with Crippen molar-refractivity contribution in [3.63, 3.8) is 0 Å². The number of nitrogens with zero attached hydrogens (tertiary/aromatic N) is 6. The molecule has 5 rings (SSSR count). The maximum Gasteiger partial charge on any atom is 0.229 e. The molecule has 2 saturated carbocycles. The summed E-state index contributed by atoms with van der Waals surface area (Å²) in [4.78, 5) is 22.5. The molecular formula is C19H21FN8O2. The summed E-state index contributed by atoms with van der Waals surface area (Å²) >= 11 is 0. The van der Waals surface area contributed by atoms with Crippen molar-refractivity contribution in [2.24, 2.45) is 24.3 Å². The highest BCUT2D eigenvalue weighted by Crippen LogP contribution is 2.61. The number of aliphatic hydroxyl groups is 1. The van der Waals surface area contributed by atoms with Crippen molar-refractivity contribution in [3.05, 3.63) is 24.4 Å². The van der Waals surface area contributed by atoms with Crippen LogP contribution in [0.2, 0.25) is 0 Å². The Morgan fingerprint density at radius 1 is 1.47 bits per heavy atom. The lowest BCUT2D eigenvalue weighted by atomic mass is 10.0. The van der Waals surface area contributed by atoms with Crippen LogP contribution < -0.4 is 15.5 Å². The molecule has 0 unspecified atom stereocenters. The highest BCUT2D eigenvalue weighted by atomic mass is 19.1. The molecule has 30 heavy (non-hydrogen) atoms. The molecule has 10 nitrogen and oxygen atoms in total. The zero-order chi connectivity index (χ0) is 21.1. The van der Waals surface area contributed by atoms with Crippen molar-refractivity contribution in [1.29, 1.82) is 5.26 Å². The van der Waals surface area contributed by atoms with E-state index in [1.807, 2.05) is 0 Å². The number of carbonyl (C=O) groups is 1. The van der Waals surface area contributed by atoms with E-state index in [9.17, 15) is 14.3 Å². The van der Waals surface area contributed by atoms with E-state index < -0.39 is 16.8 Å². The van der Waals surface area contributed by atoms with Crippen molar-refractivity contribution in [3.8, 4) is 6.07 Å². The van der Waals surface area contributed by atoms with E-state index >= 15 is 0 Å². The van der Waals surface area contributed by atoms with Gasteiger partial charge in [-0.1, -0.05) is 0 Å². The fourth-order valence-electron chi connectivity index (χ4n) is 4.55. The van der Waals surface area contributed by atoms with Gasteiger partial charge in [-0.3, -0.25) is 9.48 Å². The highest BCUT2D eigenvalue weighted by Gasteiger charge is 2.73. The number of fused-ring (bicyclic) bond motifs is 1. The minimum absolute atomic E-state index is 0.117. The molecule has 3 heterocycles. The Labute approximate surface area is 171 Å². The van der Waals surface area contributed by atoms with Crippen LogP contribution in [0.1, 0.15) is 12.8 Å². The first-order valence-corrected chi connectivity index (χ1v) is 9.74. The summed E-state index contributed by atoms with van der Waals surface area (Å²) in [6.45, 7) is 0.587. The molecule has 0 bridgehead atoms. The smallest absolute Gasteiger partial charge is 0.229 e. The molecule has 2 aromatic heterocycles. The number of anilines is 3. The SMILES string of the molecule is Cn1cc(Nc2ncc(F)c(N3C[C@@]4(CO)C[C@@]4(NC(=O)[C@@H]4C[C@H]4C#N)C3)n2)cn1. The van der Waals surface area contributed by atoms with Crippen LogP contribution in [0, 0.1) is 34.4 Å². The Morgan fingerprint density at radius 2 is 2.30 bits per heavy atom. The average molecular weight is 412 g/mol. The normalized spacial score (nSPS) is 31.1. The summed E-state index contributed by atoms with van der Waals surface area (Å²) in [6, 6.07) is 2.11.